The van der Waals surface area contributed by atoms with E-state index in [0.717, 1.165) is 40.6 Å². The van der Waals surface area contributed by atoms with Gasteiger partial charge in [0, 0.05) is 32.2 Å². The smallest absolute Gasteiger partial charge is 0.260 e. The van der Waals surface area contributed by atoms with E-state index in [0.29, 0.717) is 35.9 Å². The Balaban J connectivity index is 1.54. The number of rotatable bonds is 3. The van der Waals surface area contributed by atoms with Gasteiger partial charge >= 0.3 is 0 Å². The number of amides is 1. The first kappa shape index (κ1) is 21.2. The second-order valence-electron chi connectivity index (χ2n) is 8.71. The standard InChI is InChI=1S/C27H25N7O/c1-3-34-24-20(17-28-34)19(16-23(31-24)18-10-5-4-6-11-18)27(35)33-15-9-14-32(2)25-26(33)30-22-13-8-7-12-21(22)29-25/h4-8,10-13,16-17H,3,9,14-15H2,1-2H3. The van der Waals surface area contributed by atoms with Crippen molar-refractivity contribution in [2.24, 2.45) is 0 Å². The molecule has 0 fully saturated rings. The molecule has 4 heterocycles. The van der Waals surface area contributed by atoms with Crippen LogP contribution in [0.3, 0.4) is 0 Å². The molecular formula is C27H25N7O. The number of carbonyl (C=O) groups excluding carboxylic acids is 1. The van der Waals surface area contributed by atoms with Gasteiger partial charge in [0.05, 0.1) is 33.9 Å². The number of hydrogen-bond donors (Lipinski definition) is 0. The number of para-hydroxylation sites is 2. The monoisotopic (exact) mass is 463 g/mol. The first-order chi connectivity index (χ1) is 17.1. The summed E-state index contributed by atoms with van der Waals surface area (Å²) in [6, 6.07) is 19.6. The van der Waals surface area contributed by atoms with Crippen LogP contribution >= 0.6 is 0 Å². The van der Waals surface area contributed by atoms with E-state index >= 15 is 0 Å². The molecule has 0 bridgehead atoms. The maximum Gasteiger partial charge on any atom is 0.260 e. The largest absolute Gasteiger partial charge is 0.357 e. The van der Waals surface area contributed by atoms with E-state index in [9.17, 15) is 4.79 Å². The van der Waals surface area contributed by atoms with Crippen molar-refractivity contribution in [3.05, 3.63) is 72.4 Å². The van der Waals surface area contributed by atoms with Crippen molar-refractivity contribution in [3.8, 4) is 11.3 Å². The Morgan fingerprint density at radius 2 is 1.63 bits per heavy atom. The Morgan fingerprint density at radius 3 is 2.37 bits per heavy atom. The van der Waals surface area contributed by atoms with Gasteiger partial charge in [-0.2, -0.15) is 5.10 Å². The molecule has 174 valence electrons. The maximum atomic E-state index is 14.2. The number of benzene rings is 2. The number of pyridine rings is 1. The lowest BCUT2D eigenvalue weighted by atomic mass is 10.1. The number of fused-ring (bicyclic) bond motifs is 3. The summed E-state index contributed by atoms with van der Waals surface area (Å²) in [6.45, 7) is 4.03. The number of anilines is 2. The second kappa shape index (κ2) is 8.47. The fourth-order valence-electron chi connectivity index (χ4n) is 4.65. The molecule has 0 saturated carbocycles. The molecule has 0 spiro atoms. The molecular weight excluding hydrogens is 438 g/mol. The zero-order valence-electron chi connectivity index (χ0n) is 19.7. The van der Waals surface area contributed by atoms with E-state index in [-0.39, 0.29) is 5.91 Å². The molecule has 35 heavy (non-hydrogen) atoms. The molecule has 2 aromatic carbocycles. The Hall–Kier alpha value is -4.33. The summed E-state index contributed by atoms with van der Waals surface area (Å²) in [7, 11) is 2.00. The molecule has 1 aliphatic heterocycles. The SMILES string of the molecule is CCn1ncc2c(C(=O)N3CCCN(C)c4nc5ccccc5nc43)cc(-c3ccccc3)nc21. The Bertz CT molecular complexity index is 1560. The van der Waals surface area contributed by atoms with Gasteiger partial charge in [-0.1, -0.05) is 42.5 Å². The van der Waals surface area contributed by atoms with Crippen LogP contribution in [0.5, 0.6) is 0 Å². The minimum absolute atomic E-state index is 0.119. The van der Waals surface area contributed by atoms with Gasteiger partial charge in [0.25, 0.3) is 5.91 Å². The number of aromatic nitrogens is 5. The molecule has 0 unspecified atom stereocenters. The Morgan fingerprint density at radius 1 is 0.914 bits per heavy atom. The van der Waals surface area contributed by atoms with E-state index in [4.69, 9.17) is 15.0 Å². The predicted octanol–water partition coefficient (Wildman–Crippen LogP) is 4.55. The van der Waals surface area contributed by atoms with E-state index < -0.39 is 0 Å². The number of nitrogens with zero attached hydrogens (tertiary/aromatic N) is 7. The van der Waals surface area contributed by atoms with E-state index in [2.05, 4.69) is 10.00 Å². The zero-order chi connectivity index (χ0) is 23.9. The topological polar surface area (TPSA) is 80.0 Å². The van der Waals surface area contributed by atoms with Crippen molar-refractivity contribution in [3.63, 3.8) is 0 Å². The summed E-state index contributed by atoms with van der Waals surface area (Å²) in [5.41, 5.74) is 4.55. The van der Waals surface area contributed by atoms with Crippen molar-refractivity contribution in [2.75, 3.05) is 29.9 Å². The third kappa shape index (κ3) is 3.58. The highest BCUT2D eigenvalue weighted by molar-refractivity contribution is 6.14. The first-order valence-corrected chi connectivity index (χ1v) is 11.9. The number of carbonyl (C=O) groups is 1. The minimum atomic E-state index is -0.119. The summed E-state index contributed by atoms with van der Waals surface area (Å²) in [6.07, 6.45) is 2.55. The van der Waals surface area contributed by atoms with Crippen LogP contribution < -0.4 is 9.80 Å². The molecule has 0 N–H and O–H groups in total. The highest BCUT2D eigenvalue weighted by atomic mass is 16.2. The highest BCUT2D eigenvalue weighted by Gasteiger charge is 2.29. The van der Waals surface area contributed by atoms with Crippen molar-refractivity contribution < 1.29 is 4.79 Å². The highest BCUT2D eigenvalue weighted by Crippen LogP contribution is 2.33. The van der Waals surface area contributed by atoms with Crippen LogP contribution in [-0.2, 0) is 6.54 Å². The molecule has 0 saturated heterocycles. The van der Waals surface area contributed by atoms with Gasteiger partial charge in [-0.25, -0.2) is 19.6 Å². The third-order valence-corrected chi connectivity index (χ3v) is 6.48. The van der Waals surface area contributed by atoms with Crippen LogP contribution in [0.25, 0.3) is 33.3 Å². The average Bonchev–Trinajstić information content (AvgIpc) is 3.26. The van der Waals surface area contributed by atoms with Crippen LogP contribution in [0.1, 0.15) is 23.7 Å². The molecule has 8 heteroatoms. The molecule has 0 atom stereocenters. The van der Waals surface area contributed by atoms with Crippen molar-refractivity contribution >= 4 is 39.6 Å². The van der Waals surface area contributed by atoms with Crippen molar-refractivity contribution in [2.45, 2.75) is 19.9 Å². The summed E-state index contributed by atoms with van der Waals surface area (Å²) in [5, 5.41) is 5.24. The average molecular weight is 464 g/mol. The van der Waals surface area contributed by atoms with E-state index in [1.165, 1.54) is 0 Å². The van der Waals surface area contributed by atoms with Crippen molar-refractivity contribution in [1.29, 1.82) is 0 Å². The van der Waals surface area contributed by atoms with E-state index in [1.54, 1.807) is 11.1 Å². The predicted molar refractivity (Wildman–Crippen MR) is 138 cm³/mol. The van der Waals surface area contributed by atoms with Gasteiger partial charge in [0.15, 0.2) is 17.3 Å². The molecule has 6 rings (SSSR count). The van der Waals surface area contributed by atoms with Crippen LogP contribution in [0.15, 0.2) is 66.9 Å². The molecule has 5 aromatic rings. The fraction of sp³-hybridized carbons (Fsp3) is 0.222. The zero-order valence-corrected chi connectivity index (χ0v) is 19.7. The van der Waals surface area contributed by atoms with Crippen LogP contribution in [0.4, 0.5) is 11.6 Å². The molecule has 8 nitrogen and oxygen atoms in total. The lowest BCUT2D eigenvalue weighted by Gasteiger charge is -2.23. The van der Waals surface area contributed by atoms with Crippen LogP contribution in [-0.4, -0.2) is 50.8 Å². The molecule has 0 radical (unpaired) electrons. The number of aryl methyl sites for hydroxylation is 1. The summed E-state index contributed by atoms with van der Waals surface area (Å²) in [5.74, 6) is 1.18. The molecule has 3 aromatic heterocycles. The van der Waals surface area contributed by atoms with E-state index in [1.807, 2.05) is 79.3 Å². The van der Waals surface area contributed by atoms with Gasteiger partial charge in [-0.05, 0) is 31.5 Å². The summed E-state index contributed by atoms with van der Waals surface area (Å²) in [4.78, 5) is 32.7. The van der Waals surface area contributed by atoms with Gasteiger partial charge < -0.3 is 4.90 Å². The van der Waals surface area contributed by atoms with Crippen molar-refractivity contribution in [1.82, 2.24) is 24.7 Å². The summed E-state index contributed by atoms with van der Waals surface area (Å²) < 4.78 is 1.83. The van der Waals surface area contributed by atoms with Crippen LogP contribution in [0, 0.1) is 0 Å². The normalized spacial score (nSPS) is 13.8. The molecule has 0 aliphatic carbocycles. The minimum Gasteiger partial charge on any atom is -0.357 e. The molecule has 1 aliphatic rings. The quantitative estimate of drug-likeness (QED) is 0.391. The Kier molecular flexibility index (Phi) is 5.13. The maximum absolute atomic E-state index is 14.2. The Labute approximate surface area is 202 Å². The van der Waals surface area contributed by atoms with Gasteiger partial charge in [-0.3, -0.25) is 9.69 Å². The summed E-state index contributed by atoms with van der Waals surface area (Å²) >= 11 is 0. The van der Waals surface area contributed by atoms with Gasteiger partial charge in [0.1, 0.15) is 0 Å². The number of hydrogen-bond acceptors (Lipinski definition) is 6. The fourth-order valence-corrected chi connectivity index (χ4v) is 4.65. The third-order valence-electron chi connectivity index (χ3n) is 6.48. The van der Waals surface area contributed by atoms with Crippen LogP contribution in [0.2, 0.25) is 0 Å². The first-order valence-electron chi connectivity index (χ1n) is 11.9. The van der Waals surface area contributed by atoms with Gasteiger partial charge in [0.2, 0.25) is 0 Å². The van der Waals surface area contributed by atoms with Gasteiger partial charge in [-0.15, -0.1) is 0 Å². The molecule has 1 amide bonds. The lowest BCUT2D eigenvalue weighted by molar-refractivity contribution is 0.0988. The second-order valence-corrected chi connectivity index (χ2v) is 8.71. The lowest BCUT2D eigenvalue weighted by Crippen LogP contribution is -2.32.